The zero-order valence-corrected chi connectivity index (χ0v) is 10.9. The number of nitrogens with zero attached hydrogens (tertiary/aromatic N) is 2. The highest BCUT2D eigenvalue weighted by Crippen LogP contribution is 2.37. The van der Waals surface area contributed by atoms with Crippen LogP contribution in [0.25, 0.3) is 11.3 Å². The summed E-state index contributed by atoms with van der Waals surface area (Å²) in [5.74, 6) is 2.34. The van der Waals surface area contributed by atoms with E-state index in [1.807, 2.05) is 32.2 Å². The van der Waals surface area contributed by atoms with Crippen molar-refractivity contribution in [1.82, 2.24) is 15.3 Å². The largest absolute Gasteiger partial charge is 0.454 e. The summed E-state index contributed by atoms with van der Waals surface area (Å²) in [6.45, 7) is 2.97. The number of aryl methyl sites for hydroxylation is 1. The molecular weight excluding hydrogens is 242 g/mol. The van der Waals surface area contributed by atoms with E-state index in [1.165, 1.54) is 0 Å². The predicted octanol–water partition coefficient (Wildman–Crippen LogP) is 1.90. The minimum Gasteiger partial charge on any atom is -0.454 e. The lowest BCUT2D eigenvalue weighted by Crippen LogP contribution is -2.09. The van der Waals surface area contributed by atoms with Gasteiger partial charge >= 0.3 is 0 Å². The highest BCUT2D eigenvalue weighted by atomic mass is 16.7. The van der Waals surface area contributed by atoms with Gasteiger partial charge in [-0.1, -0.05) is 0 Å². The number of nitrogens with one attached hydrogen (secondary N) is 1. The van der Waals surface area contributed by atoms with Crippen LogP contribution in [-0.2, 0) is 6.54 Å². The summed E-state index contributed by atoms with van der Waals surface area (Å²) in [4.78, 5) is 8.78. The van der Waals surface area contributed by atoms with Gasteiger partial charge in [-0.15, -0.1) is 0 Å². The quantitative estimate of drug-likeness (QED) is 0.910. The van der Waals surface area contributed by atoms with Crippen molar-refractivity contribution in [2.75, 3.05) is 13.8 Å². The number of fused-ring (bicyclic) bond motifs is 1. The van der Waals surface area contributed by atoms with Gasteiger partial charge in [0.15, 0.2) is 11.5 Å². The molecule has 0 fully saturated rings. The monoisotopic (exact) mass is 257 g/mol. The molecule has 0 atom stereocenters. The number of hydrogen-bond acceptors (Lipinski definition) is 5. The minimum absolute atomic E-state index is 0.285. The zero-order chi connectivity index (χ0) is 13.2. The van der Waals surface area contributed by atoms with Crippen LogP contribution in [0.3, 0.4) is 0 Å². The van der Waals surface area contributed by atoms with Gasteiger partial charge in [0.1, 0.15) is 5.82 Å². The molecule has 1 N–H and O–H groups in total. The Balaban J connectivity index is 2.04. The lowest BCUT2D eigenvalue weighted by molar-refractivity contribution is 0.174. The van der Waals surface area contributed by atoms with Gasteiger partial charge in [-0.3, -0.25) is 0 Å². The van der Waals surface area contributed by atoms with Crippen molar-refractivity contribution in [2.24, 2.45) is 0 Å². The molecular formula is C14H15N3O2. The van der Waals surface area contributed by atoms with Crippen molar-refractivity contribution in [1.29, 1.82) is 0 Å². The van der Waals surface area contributed by atoms with Crippen LogP contribution >= 0.6 is 0 Å². The second kappa shape index (κ2) is 4.85. The van der Waals surface area contributed by atoms with Crippen molar-refractivity contribution in [3.63, 3.8) is 0 Å². The number of aromatic nitrogens is 2. The summed E-state index contributed by atoms with van der Waals surface area (Å²) < 4.78 is 10.8. The molecule has 0 saturated heterocycles. The third kappa shape index (κ3) is 2.24. The topological polar surface area (TPSA) is 56.3 Å². The van der Waals surface area contributed by atoms with Crippen molar-refractivity contribution < 1.29 is 9.47 Å². The first kappa shape index (κ1) is 11.9. The van der Waals surface area contributed by atoms with Crippen LogP contribution in [0.15, 0.2) is 24.4 Å². The second-order valence-electron chi connectivity index (χ2n) is 4.41. The summed E-state index contributed by atoms with van der Waals surface area (Å²) >= 11 is 0. The van der Waals surface area contributed by atoms with E-state index in [4.69, 9.17) is 9.47 Å². The highest BCUT2D eigenvalue weighted by molar-refractivity contribution is 5.68. The number of benzene rings is 1. The summed E-state index contributed by atoms with van der Waals surface area (Å²) in [7, 11) is 1.88. The maximum Gasteiger partial charge on any atom is 0.231 e. The fourth-order valence-electron chi connectivity index (χ4n) is 2.11. The van der Waals surface area contributed by atoms with E-state index in [9.17, 15) is 0 Å². The summed E-state index contributed by atoms with van der Waals surface area (Å²) in [6, 6.07) is 5.87. The van der Waals surface area contributed by atoms with E-state index in [0.29, 0.717) is 6.54 Å². The summed E-state index contributed by atoms with van der Waals surface area (Å²) in [6.07, 6.45) is 1.78. The molecule has 0 spiro atoms. The molecule has 5 nitrogen and oxygen atoms in total. The molecule has 1 aliphatic rings. The molecule has 0 unspecified atom stereocenters. The van der Waals surface area contributed by atoms with Gasteiger partial charge in [-0.25, -0.2) is 9.97 Å². The molecule has 1 aromatic carbocycles. The van der Waals surface area contributed by atoms with E-state index in [2.05, 4.69) is 15.3 Å². The number of ether oxygens (including phenoxy) is 2. The van der Waals surface area contributed by atoms with E-state index >= 15 is 0 Å². The third-order valence-electron chi connectivity index (χ3n) is 3.04. The van der Waals surface area contributed by atoms with Crippen molar-refractivity contribution in [3.8, 4) is 22.8 Å². The first-order chi connectivity index (χ1) is 9.28. The molecule has 3 rings (SSSR count). The fraction of sp³-hybridized carbons (Fsp3) is 0.286. The summed E-state index contributed by atoms with van der Waals surface area (Å²) in [5, 5.41) is 3.05. The molecule has 0 aliphatic carbocycles. The van der Waals surface area contributed by atoms with Gasteiger partial charge in [0.05, 0.1) is 12.2 Å². The lowest BCUT2D eigenvalue weighted by atomic mass is 10.0. The Bertz CT molecular complexity index is 614. The molecule has 5 heteroatoms. The van der Waals surface area contributed by atoms with Gasteiger partial charge < -0.3 is 14.8 Å². The predicted molar refractivity (Wildman–Crippen MR) is 71.1 cm³/mol. The van der Waals surface area contributed by atoms with Crippen molar-refractivity contribution >= 4 is 0 Å². The van der Waals surface area contributed by atoms with Crippen LogP contribution in [0, 0.1) is 6.92 Å². The van der Waals surface area contributed by atoms with Crippen LogP contribution in [0.5, 0.6) is 11.5 Å². The van der Waals surface area contributed by atoms with Crippen LogP contribution < -0.4 is 14.8 Å². The zero-order valence-electron chi connectivity index (χ0n) is 10.9. The minimum atomic E-state index is 0.285. The standard InChI is InChI=1S/C14H15N3O2/c1-9-5-12-13(19-8-18-12)6-10(9)11-3-4-16-14(17-11)7-15-2/h3-6,15H,7-8H2,1-2H3. The molecule has 0 bridgehead atoms. The number of rotatable bonds is 3. The maximum absolute atomic E-state index is 5.42. The van der Waals surface area contributed by atoms with Crippen molar-refractivity contribution in [2.45, 2.75) is 13.5 Å². The van der Waals surface area contributed by atoms with Gasteiger partial charge in [0.2, 0.25) is 6.79 Å². The molecule has 2 heterocycles. The Morgan fingerprint density at radius 2 is 2.05 bits per heavy atom. The Morgan fingerprint density at radius 1 is 1.26 bits per heavy atom. The Labute approximate surface area is 111 Å². The second-order valence-corrected chi connectivity index (χ2v) is 4.41. The number of hydrogen-bond donors (Lipinski definition) is 1. The van der Waals surface area contributed by atoms with Gasteiger partial charge in [-0.2, -0.15) is 0 Å². The smallest absolute Gasteiger partial charge is 0.231 e. The van der Waals surface area contributed by atoms with Crippen LogP contribution in [0.4, 0.5) is 0 Å². The van der Waals surface area contributed by atoms with Crippen molar-refractivity contribution in [3.05, 3.63) is 35.8 Å². The first-order valence-corrected chi connectivity index (χ1v) is 6.15. The Hall–Kier alpha value is -2.14. The molecule has 2 aromatic rings. The van der Waals surface area contributed by atoms with Crippen LogP contribution in [0.1, 0.15) is 11.4 Å². The molecule has 1 aliphatic heterocycles. The van der Waals surface area contributed by atoms with Gasteiger partial charge in [-0.05, 0) is 37.7 Å². The van der Waals surface area contributed by atoms with Gasteiger partial charge in [0.25, 0.3) is 0 Å². The third-order valence-corrected chi connectivity index (χ3v) is 3.04. The SMILES string of the molecule is CNCc1nccc(-c2cc3c(cc2C)OCO3)n1. The van der Waals surface area contributed by atoms with Crippen LogP contribution in [-0.4, -0.2) is 23.8 Å². The molecule has 19 heavy (non-hydrogen) atoms. The van der Waals surface area contributed by atoms with E-state index in [0.717, 1.165) is 34.1 Å². The summed E-state index contributed by atoms with van der Waals surface area (Å²) in [5.41, 5.74) is 3.05. The van der Waals surface area contributed by atoms with E-state index < -0.39 is 0 Å². The average molecular weight is 257 g/mol. The average Bonchev–Trinajstić information content (AvgIpc) is 2.85. The lowest BCUT2D eigenvalue weighted by Gasteiger charge is -2.08. The normalized spacial score (nSPS) is 12.7. The molecule has 0 amide bonds. The molecule has 0 saturated carbocycles. The van der Waals surface area contributed by atoms with E-state index in [-0.39, 0.29) is 6.79 Å². The Kier molecular flexibility index (Phi) is 3.05. The highest BCUT2D eigenvalue weighted by Gasteiger charge is 2.17. The molecule has 1 aromatic heterocycles. The maximum atomic E-state index is 5.42. The Morgan fingerprint density at radius 3 is 2.84 bits per heavy atom. The van der Waals surface area contributed by atoms with Gasteiger partial charge in [0, 0.05) is 11.8 Å². The fourth-order valence-corrected chi connectivity index (χ4v) is 2.11. The van der Waals surface area contributed by atoms with Crippen LogP contribution in [0.2, 0.25) is 0 Å². The van der Waals surface area contributed by atoms with E-state index in [1.54, 1.807) is 6.20 Å². The first-order valence-electron chi connectivity index (χ1n) is 6.15. The molecule has 0 radical (unpaired) electrons. The molecule has 98 valence electrons.